The highest BCUT2D eigenvalue weighted by atomic mass is 79.9. The number of nitrogens with zero attached hydrogens (tertiary/aromatic N) is 3. The van der Waals surface area contributed by atoms with Gasteiger partial charge in [-0.3, -0.25) is 0 Å². The molecule has 19 heavy (non-hydrogen) atoms. The van der Waals surface area contributed by atoms with E-state index in [0.29, 0.717) is 23.7 Å². The quantitative estimate of drug-likeness (QED) is 0.845. The van der Waals surface area contributed by atoms with Crippen molar-refractivity contribution >= 4 is 33.5 Å². The third-order valence-corrected chi connectivity index (χ3v) is 3.88. The molecule has 0 fully saturated rings. The third kappa shape index (κ3) is 3.21. The lowest BCUT2D eigenvalue weighted by molar-refractivity contribution is 0.271. The molecule has 100 valence electrons. The standard InChI is InChI=1S/C12H12BrN3O2S/c1-8(7-19-17)6-18-10-2-11(13)12-9(3-14)4-15-16(12)5-10/h2,4-5,8,17H,6-7H2,1H3. The van der Waals surface area contributed by atoms with Gasteiger partial charge in [-0.2, -0.15) is 10.4 Å². The summed E-state index contributed by atoms with van der Waals surface area (Å²) in [4.78, 5) is 0. The topological polar surface area (TPSA) is 70.5 Å². The maximum atomic E-state index is 8.97. The summed E-state index contributed by atoms with van der Waals surface area (Å²) in [6.07, 6.45) is 3.26. The Morgan fingerprint density at radius 3 is 3.16 bits per heavy atom. The van der Waals surface area contributed by atoms with E-state index in [-0.39, 0.29) is 5.92 Å². The molecule has 0 spiro atoms. The van der Waals surface area contributed by atoms with Crippen LogP contribution in [0, 0.1) is 17.2 Å². The molecule has 7 heteroatoms. The smallest absolute Gasteiger partial charge is 0.138 e. The van der Waals surface area contributed by atoms with Gasteiger partial charge in [-0.1, -0.05) is 6.92 Å². The van der Waals surface area contributed by atoms with Crippen LogP contribution in [0.3, 0.4) is 0 Å². The van der Waals surface area contributed by atoms with Crippen molar-refractivity contribution in [1.29, 1.82) is 5.26 Å². The van der Waals surface area contributed by atoms with E-state index < -0.39 is 0 Å². The second-order valence-electron chi connectivity index (χ2n) is 4.20. The molecule has 0 aliphatic carbocycles. The van der Waals surface area contributed by atoms with Crippen molar-refractivity contribution in [3.63, 3.8) is 0 Å². The average Bonchev–Trinajstić information content (AvgIpc) is 2.80. The highest BCUT2D eigenvalue weighted by molar-refractivity contribution is 9.10. The van der Waals surface area contributed by atoms with Gasteiger partial charge >= 0.3 is 0 Å². The Bertz CT molecular complexity index is 623. The van der Waals surface area contributed by atoms with Gasteiger partial charge in [0.05, 0.1) is 30.1 Å². The van der Waals surface area contributed by atoms with Gasteiger partial charge < -0.3 is 9.29 Å². The largest absolute Gasteiger partial charge is 0.492 e. The SMILES string of the molecule is CC(COc1cc(Br)c2c(C#N)cnn2c1)CSO. The number of rotatable bonds is 5. The molecule has 0 radical (unpaired) electrons. The zero-order chi connectivity index (χ0) is 13.8. The number of aromatic nitrogens is 2. The van der Waals surface area contributed by atoms with Gasteiger partial charge in [0.25, 0.3) is 0 Å². The van der Waals surface area contributed by atoms with Crippen molar-refractivity contribution < 1.29 is 9.29 Å². The highest BCUT2D eigenvalue weighted by Crippen LogP contribution is 2.26. The summed E-state index contributed by atoms with van der Waals surface area (Å²) in [6, 6.07) is 3.91. The molecule has 1 unspecified atom stereocenters. The summed E-state index contributed by atoms with van der Waals surface area (Å²) in [5, 5.41) is 13.1. The first-order chi connectivity index (χ1) is 9.15. The Balaban J connectivity index is 2.20. The summed E-state index contributed by atoms with van der Waals surface area (Å²) in [5.74, 6) is 1.54. The van der Waals surface area contributed by atoms with Crippen molar-refractivity contribution in [1.82, 2.24) is 9.61 Å². The molecule has 0 saturated carbocycles. The number of hydrogen-bond donors (Lipinski definition) is 1. The lowest BCUT2D eigenvalue weighted by Gasteiger charge is -2.12. The lowest BCUT2D eigenvalue weighted by atomic mass is 10.2. The fourth-order valence-electron chi connectivity index (χ4n) is 1.62. The number of fused-ring (bicyclic) bond motifs is 1. The van der Waals surface area contributed by atoms with Crippen LogP contribution in [0.25, 0.3) is 5.52 Å². The lowest BCUT2D eigenvalue weighted by Crippen LogP contribution is -2.11. The highest BCUT2D eigenvalue weighted by Gasteiger charge is 2.10. The summed E-state index contributed by atoms with van der Waals surface area (Å²) >= 11 is 4.23. The van der Waals surface area contributed by atoms with E-state index in [1.807, 2.05) is 13.0 Å². The third-order valence-electron chi connectivity index (χ3n) is 2.55. The first-order valence-electron chi connectivity index (χ1n) is 5.62. The average molecular weight is 342 g/mol. The molecular formula is C12H12BrN3O2S. The van der Waals surface area contributed by atoms with E-state index in [1.54, 1.807) is 10.7 Å². The van der Waals surface area contributed by atoms with Crippen molar-refractivity contribution in [2.75, 3.05) is 12.4 Å². The van der Waals surface area contributed by atoms with Crippen LogP contribution in [0.15, 0.2) is 22.9 Å². The molecule has 0 aliphatic heterocycles. The maximum Gasteiger partial charge on any atom is 0.138 e. The van der Waals surface area contributed by atoms with Gasteiger partial charge in [0, 0.05) is 16.1 Å². The second kappa shape index (κ2) is 6.28. The predicted molar refractivity (Wildman–Crippen MR) is 77.4 cm³/mol. The number of pyridine rings is 1. The van der Waals surface area contributed by atoms with E-state index in [1.165, 1.54) is 6.20 Å². The van der Waals surface area contributed by atoms with Gasteiger partial charge in [-0.15, -0.1) is 0 Å². The van der Waals surface area contributed by atoms with Crippen LogP contribution in [0.4, 0.5) is 0 Å². The van der Waals surface area contributed by atoms with Gasteiger partial charge in [-0.05, 0) is 34.0 Å². The van der Waals surface area contributed by atoms with Crippen molar-refractivity contribution in [2.24, 2.45) is 5.92 Å². The summed E-state index contributed by atoms with van der Waals surface area (Å²) in [5.41, 5.74) is 1.25. The first kappa shape index (κ1) is 14.2. The van der Waals surface area contributed by atoms with Crippen LogP contribution in [-0.4, -0.2) is 26.5 Å². The van der Waals surface area contributed by atoms with Crippen LogP contribution >= 0.6 is 28.0 Å². The maximum absolute atomic E-state index is 8.97. The molecule has 2 heterocycles. The molecule has 0 amide bonds. The molecular weight excluding hydrogens is 330 g/mol. The molecule has 1 atom stereocenters. The van der Waals surface area contributed by atoms with Crippen LogP contribution in [0.2, 0.25) is 0 Å². The molecule has 0 bridgehead atoms. The minimum absolute atomic E-state index is 0.247. The van der Waals surface area contributed by atoms with Crippen LogP contribution in [0.5, 0.6) is 5.75 Å². The van der Waals surface area contributed by atoms with Gasteiger partial charge in [0.1, 0.15) is 11.8 Å². The van der Waals surface area contributed by atoms with Crippen LogP contribution in [-0.2, 0) is 0 Å². The van der Waals surface area contributed by atoms with E-state index in [2.05, 4.69) is 27.1 Å². The minimum Gasteiger partial charge on any atom is -0.492 e. The Labute approximate surface area is 123 Å². The normalized spacial score (nSPS) is 12.3. The Hall–Kier alpha value is -1.23. The van der Waals surface area contributed by atoms with Crippen molar-refractivity contribution in [3.05, 3.63) is 28.5 Å². The van der Waals surface area contributed by atoms with Gasteiger partial charge in [-0.25, -0.2) is 4.52 Å². The molecule has 5 nitrogen and oxygen atoms in total. The van der Waals surface area contributed by atoms with E-state index >= 15 is 0 Å². The summed E-state index contributed by atoms with van der Waals surface area (Å²) in [6.45, 7) is 2.51. The summed E-state index contributed by atoms with van der Waals surface area (Å²) < 4.78 is 16.8. The van der Waals surface area contributed by atoms with Crippen molar-refractivity contribution in [2.45, 2.75) is 6.92 Å². The van der Waals surface area contributed by atoms with E-state index in [9.17, 15) is 0 Å². The zero-order valence-corrected chi connectivity index (χ0v) is 12.6. The minimum atomic E-state index is 0.247. The first-order valence-corrected chi connectivity index (χ1v) is 7.35. The molecule has 0 saturated heterocycles. The van der Waals surface area contributed by atoms with Crippen LogP contribution < -0.4 is 4.74 Å². The van der Waals surface area contributed by atoms with Crippen LogP contribution in [0.1, 0.15) is 12.5 Å². The van der Waals surface area contributed by atoms with Gasteiger partial charge in [0.2, 0.25) is 0 Å². The Morgan fingerprint density at radius 1 is 1.68 bits per heavy atom. The molecule has 0 aromatic carbocycles. The number of halogens is 1. The fraction of sp³-hybridized carbons (Fsp3) is 0.333. The number of nitriles is 1. The van der Waals surface area contributed by atoms with E-state index in [4.69, 9.17) is 14.6 Å². The number of ether oxygens (including phenoxy) is 1. The van der Waals surface area contributed by atoms with Gasteiger partial charge in [0.15, 0.2) is 0 Å². The zero-order valence-electron chi connectivity index (χ0n) is 10.2. The van der Waals surface area contributed by atoms with E-state index in [0.717, 1.165) is 22.0 Å². The predicted octanol–water partition coefficient (Wildman–Crippen LogP) is 3.19. The summed E-state index contributed by atoms with van der Waals surface area (Å²) in [7, 11) is 0. The monoisotopic (exact) mass is 341 g/mol. The Morgan fingerprint density at radius 2 is 2.47 bits per heavy atom. The Kier molecular flexibility index (Phi) is 4.69. The number of hydrogen-bond acceptors (Lipinski definition) is 5. The fourth-order valence-corrected chi connectivity index (χ4v) is 2.60. The molecule has 2 rings (SSSR count). The molecule has 2 aromatic rings. The molecule has 0 aliphatic rings. The molecule has 2 aromatic heterocycles. The molecule has 1 N–H and O–H groups in total. The van der Waals surface area contributed by atoms with Crippen molar-refractivity contribution in [3.8, 4) is 11.8 Å². The second-order valence-corrected chi connectivity index (χ2v) is 5.64.